The zero-order chi connectivity index (χ0) is 19.5. The summed E-state index contributed by atoms with van der Waals surface area (Å²) >= 11 is 1.36. The molecule has 2 heterocycles. The lowest BCUT2D eigenvalue weighted by molar-refractivity contribution is 0.0950. The van der Waals surface area contributed by atoms with Gasteiger partial charge in [-0.2, -0.15) is 0 Å². The Hall–Kier alpha value is -3.19. The fourth-order valence-electron chi connectivity index (χ4n) is 2.85. The zero-order valence-electron chi connectivity index (χ0n) is 15.2. The number of carbonyl (C=O) groups is 1. The minimum Gasteiger partial charge on any atom is -0.492 e. The van der Waals surface area contributed by atoms with Crippen LogP contribution in [0.3, 0.4) is 0 Å². The highest BCUT2D eigenvalue weighted by Crippen LogP contribution is 2.27. The van der Waals surface area contributed by atoms with E-state index in [0.29, 0.717) is 23.8 Å². The van der Waals surface area contributed by atoms with Crippen LogP contribution >= 0.6 is 11.3 Å². The van der Waals surface area contributed by atoms with Crippen molar-refractivity contribution >= 4 is 22.2 Å². The van der Waals surface area contributed by atoms with Crippen molar-refractivity contribution in [2.45, 2.75) is 6.92 Å². The number of nitrogens with zero attached hydrogens (tertiary/aromatic N) is 2. The first kappa shape index (κ1) is 18.2. The molecule has 0 unspecified atom stereocenters. The van der Waals surface area contributed by atoms with Crippen molar-refractivity contribution in [3.63, 3.8) is 0 Å². The molecule has 0 aliphatic heterocycles. The summed E-state index contributed by atoms with van der Waals surface area (Å²) in [7, 11) is 0. The molecule has 142 valence electrons. The van der Waals surface area contributed by atoms with Crippen LogP contribution in [0.2, 0.25) is 0 Å². The minimum atomic E-state index is -0.311. The summed E-state index contributed by atoms with van der Waals surface area (Å²) in [6.45, 7) is 2.56. The number of hydrogen-bond acceptors (Lipinski definition) is 4. The summed E-state index contributed by atoms with van der Waals surface area (Å²) in [5.41, 5.74) is 2.78. The average Bonchev–Trinajstić information content (AvgIpc) is 3.27. The first-order chi connectivity index (χ1) is 13.6. The Kier molecular flexibility index (Phi) is 5.08. The first-order valence-electron chi connectivity index (χ1n) is 8.82. The number of imidazole rings is 1. The van der Waals surface area contributed by atoms with Crippen LogP contribution in [-0.4, -0.2) is 28.4 Å². The third-order valence-corrected chi connectivity index (χ3v) is 5.46. The quantitative estimate of drug-likeness (QED) is 0.495. The lowest BCUT2D eigenvalue weighted by Gasteiger charge is -2.07. The third kappa shape index (κ3) is 3.75. The standard InChI is InChI=1S/C21H18FN3O2S/c1-14-19(20(26)23-11-12-27-17-9-7-16(22)8-10-17)28-21-24-18(13-25(14)21)15-5-3-2-4-6-15/h2-10,13H,11-12H2,1H3,(H,23,26). The molecule has 0 saturated heterocycles. The number of fused-ring (bicyclic) bond motifs is 1. The third-order valence-electron chi connectivity index (χ3n) is 4.30. The number of nitrogens with one attached hydrogen (secondary N) is 1. The monoisotopic (exact) mass is 395 g/mol. The highest BCUT2D eigenvalue weighted by atomic mass is 32.1. The Balaban J connectivity index is 1.39. The topological polar surface area (TPSA) is 55.6 Å². The zero-order valence-corrected chi connectivity index (χ0v) is 16.0. The van der Waals surface area contributed by atoms with Crippen LogP contribution in [0.25, 0.3) is 16.2 Å². The van der Waals surface area contributed by atoms with Gasteiger partial charge in [-0.3, -0.25) is 9.20 Å². The van der Waals surface area contributed by atoms with E-state index >= 15 is 0 Å². The highest BCUT2D eigenvalue weighted by Gasteiger charge is 2.17. The predicted molar refractivity (Wildman–Crippen MR) is 107 cm³/mol. The van der Waals surface area contributed by atoms with E-state index in [9.17, 15) is 9.18 Å². The van der Waals surface area contributed by atoms with E-state index in [0.717, 1.165) is 21.9 Å². The molecule has 0 saturated carbocycles. The molecule has 0 bridgehead atoms. The molecule has 1 N–H and O–H groups in total. The molecular formula is C21H18FN3O2S. The van der Waals surface area contributed by atoms with Gasteiger partial charge in [0.25, 0.3) is 5.91 Å². The van der Waals surface area contributed by atoms with E-state index in [-0.39, 0.29) is 11.7 Å². The molecule has 5 nitrogen and oxygen atoms in total. The second-order valence-corrected chi connectivity index (χ2v) is 7.20. The van der Waals surface area contributed by atoms with Gasteiger partial charge in [0.1, 0.15) is 23.1 Å². The lowest BCUT2D eigenvalue weighted by Crippen LogP contribution is -2.28. The van der Waals surface area contributed by atoms with E-state index in [2.05, 4.69) is 10.3 Å². The maximum atomic E-state index is 12.9. The molecular weight excluding hydrogens is 377 g/mol. The second kappa shape index (κ2) is 7.82. The van der Waals surface area contributed by atoms with Gasteiger partial charge >= 0.3 is 0 Å². The van der Waals surface area contributed by atoms with Gasteiger partial charge in [0.05, 0.1) is 12.2 Å². The summed E-state index contributed by atoms with van der Waals surface area (Å²) < 4.78 is 20.3. The molecule has 2 aromatic carbocycles. The van der Waals surface area contributed by atoms with Crippen molar-refractivity contribution in [3.05, 3.63) is 77.2 Å². The molecule has 0 aliphatic carbocycles. The molecule has 0 radical (unpaired) electrons. The molecule has 1 amide bonds. The Labute approximate surface area is 165 Å². The molecule has 7 heteroatoms. The van der Waals surface area contributed by atoms with E-state index < -0.39 is 0 Å². The second-order valence-electron chi connectivity index (χ2n) is 6.22. The van der Waals surface area contributed by atoms with E-state index in [1.54, 1.807) is 12.1 Å². The Bertz CT molecular complexity index is 1100. The normalized spacial score (nSPS) is 10.9. The van der Waals surface area contributed by atoms with Gasteiger partial charge < -0.3 is 10.1 Å². The van der Waals surface area contributed by atoms with Gasteiger partial charge in [-0.05, 0) is 31.2 Å². The maximum Gasteiger partial charge on any atom is 0.263 e. The number of aryl methyl sites for hydroxylation is 1. The SMILES string of the molecule is Cc1c(C(=O)NCCOc2ccc(F)cc2)sc2nc(-c3ccccc3)cn12. The van der Waals surface area contributed by atoms with Gasteiger partial charge in [0.15, 0.2) is 4.96 Å². The van der Waals surface area contributed by atoms with Crippen molar-refractivity contribution < 1.29 is 13.9 Å². The van der Waals surface area contributed by atoms with Crippen LogP contribution in [-0.2, 0) is 0 Å². The number of thiazole rings is 1. The number of halogens is 1. The molecule has 0 atom stereocenters. The smallest absolute Gasteiger partial charge is 0.263 e. The molecule has 0 aliphatic rings. The van der Waals surface area contributed by atoms with Gasteiger partial charge in [0.2, 0.25) is 0 Å². The van der Waals surface area contributed by atoms with Gasteiger partial charge in [0, 0.05) is 17.5 Å². The van der Waals surface area contributed by atoms with Crippen LogP contribution < -0.4 is 10.1 Å². The van der Waals surface area contributed by atoms with Crippen molar-refractivity contribution in [1.82, 2.24) is 14.7 Å². The van der Waals surface area contributed by atoms with Crippen molar-refractivity contribution in [1.29, 1.82) is 0 Å². The maximum absolute atomic E-state index is 12.9. The number of amides is 1. The van der Waals surface area contributed by atoms with Crippen molar-refractivity contribution in [2.24, 2.45) is 0 Å². The van der Waals surface area contributed by atoms with E-state index in [4.69, 9.17) is 4.74 Å². The number of benzene rings is 2. The summed E-state index contributed by atoms with van der Waals surface area (Å²) in [6.07, 6.45) is 1.95. The Morgan fingerprint density at radius 2 is 1.93 bits per heavy atom. The van der Waals surface area contributed by atoms with Crippen LogP contribution in [0.1, 0.15) is 15.4 Å². The molecule has 4 rings (SSSR count). The van der Waals surface area contributed by atoms with Crippen LogP contribution in [0.15, 0.2) is 60.8 Å². The van der Waals surface area contributed by atoms with Crippen LogP contribution in [0.4, 0.5) is 4.39 Å². The number of aromatic nitrogens is 2. The molecule has 0 spiro atoms. The lowest BCUT2D eigenvalue weighted by atomic mass is 10.2. The van der Waals surface area contributed by atoms with Crippen LogP contribution in [0.5, 0.6) is 5.75 Å². The van der Waals surface area contributed by atoms with Gasteiger partial charge in [-0.1, -0.05) is 41.7 Å². The predicted octanol–water partition coefficient (Wildman–Crippen LogP) is 4.32. The average molecular weight is 395 g/mol. The van der Waals surface area contributed by atoms with E-state index in [1.807, 2.05) is 47.9 Å². The number of ether oxygens (including phenoxy) is 1. The number of carbonyl (C=O) groups excluding carboxylic acids is 1. The van der Waals surface area contributed by atoms with Crippen molar-refractivity contribution in [2.75, 3.05) is 13.2 Å². The first-order valence-corrected chi connectivity index (χ1v) is 9.64. The van der Waals surface area contributed by atoms with Crippen LogP contribution in [0, 0.1) is 12.7 Å². The molecule has 2 aromatic heterocycles. The highest BCUT2D eigenvalue weighted by molar-refractivity contribution is 7.19. The van der Waals surface area contributed by atoms with E-state index in [1.165, 1.54) is 23.5 Å². The fourth-order valence-corrected chi connectivity index (χ4v) is 3.88. The minimum absolute atomic E-state index is 0.156. The van der Waals surface area contributed by atoms with Gasteiger partial charge in [-0.15, -0.1) is 0 Å². The van der Waals surface area contributed by atoms with Crippen molar-refractivity contribution in [3.8, 4) is 17.0 Å². The summed E-state index contributed by atoms with van der Waals surface area (Å²) in [5, 5.41) is 2.85. The molecule has 28 heavy (non-hydrogen) atoms. The summed E-state index contributed by atoms with van der Waals surface area (Å²) in [6, 6.07) is 15.7. The fraction of sp³-hybridized carbons (Fsp3) is 0.143. The summed E-state index contributed by atoms with van der Waals surface area (Å²) in [5.74, 6) is 0.0982. The molecule has 0 fully saturated rings. The Morgan fingerprint density at radius 1 is 1.18 bits per heavy atom. The Morgan fingerprint density at radius 3 is 2.64 bits per heavy atom. The summed E-state index contributed by atoms with van der Waals surface area (Å²) in [4.78, 5) is 18.5. The number of hydrogen-bond donors (Lipinski definition) is 1. The largest absolute Gasteiger partial charge is 0.492 e. The van der Waals surface area contributed by atoms with Gasteiger partial charge in [-0.25, -0.2) is 9.37 Å². The molecule has 4 aromatic rings. The number of rotatable bonds is 6.